The van der Waals surface area contributed by atoms with E-state index in [4.69, 9.17) is 22.1 Å². The van der Waals surface area contributed by atoms with Crippen molar-refractivity contribution < 1.29 is 43.7 Å². The van der Waals surface area contributed by atoms with E-state index < -0.39 is 26.7 Å². The van der Waals surface area contributed by atoms with E-state index in [2.05, 4.69) is 28.9 Å². The van der Waals surface area contributed by atoms with Crippen molar-refractivity contribution in [2.75, 3.05) is 26.7 Å². The van der Waals surface area contributed by atoms with Gasteiger partial charge in [0.05, 0.1) is 12.8 Å². The van der Waals surface area contributed by atoms with Crippen molar-refractivity contribution >= 4 is 44.4 Å². The van der Waals surface area contributed by atoms with Crippen LogP contribution >= 0.6 is 27.4 Å². The van der Waals surface area contributed by atoms with Crippen LogP contribution < -0.4 is 15.6 Å². The van der Waals surface area contributed by atoms with Crippen LogP contribution in [0.15, 0.2) is 52.7 Å². The molecule has 0 amide bonds. The van der Waals surface area contributed by atoms with Crippen molar-refractivity contribution in [2.24, 2.45) is 27.5 Å². The molecule has 0 aliphatic heterocycles. The smallest absolute Gasteiger partial charge is 0.369 e. The van der Waals surface area contributed by atoms with Gasteiger partial charge in [-0.05, 0) is 129 Å². The molecule has 0 spiro atoms. The molecule has 2 aromatic carbocycles. The van der Waals surface area contributed by atoms with Crippen molar-refractivity contribution in [1.82, 2.24) is 15.8 Å². The number of phenols is 1. The summed E-state index contributed by atoms with van der Waals surface area (Å²) in [6, 6.07) is 13.2. The van der Waals surface area contributed by atoms with E-state index in [9.17, 15) is 38.9 Å². The van der Waals surface area contributed by atoms with Gasteiger partial charge in [-0.2, -0.15) is 10.2 Å². The van der Waals surface area contributed by atoms with Gasteiger partial charge >= 0.3 is 15.2 Å². The van der Waals surface area contributed by atoms with Crippen molar-refractivity contribution in [1.29, 1.82) is 0 Å². The molecule has 17 heteroatoms. The number of thiocarbonyl (C=S) groups is 1. The van der Waals surface area contributed by atoms with Crippen LogP contribution in [0.3, 0.4) is 0 Å². The van der Waals surface area contributed by atoms with Gasteiger partial charge in [-0.1, -0.05) is 25.1 Å². The minimum atomic E-state index is -5.48. The highest BCUT2D eigenvalue weighted by molar-refractivity contribution is 7.80. The van der Waals surface area contributed by atoms with Gasteiger partial charge in [0.25, 0.3) is 5.08 Å². The number of benzene rings is 2. The van der Waals surface area contributed by atoms with Gasteiger partial charge < -0.3 is 39.4 Å². The Bertz CT molecular complexity index is 1710. The molecular weight excluding hydrogens is 716 g/mol. The maximum Gasteiger partial charge on any atom is 0.369 e. The average Bonchev–Trinajstić information content (AvgIpc) is 3.29. The highest BCUT2D eigenvalue weighted by Gasteiger charge is 2.59. The van der Waals surface area contributed by atoms with E-state index in [-0.39, 0.29) is 12.0 Å². The summed E-state index contributed by atoms with van der Waals surface area (Å²) in [7, 11) is -9.36. The molecule has 0 aromatic heterocycles. The number of fused-ring (bicyclic) bond motifs is 5. The van der Waals surface area contributed by atoms with Crippen molar-refractivity contribution in [3.63, 3.8) is 0 Å². The fraction of sp³-hybridized carbons (Fsp3) is 0.559. The molecule has 280 valence electrons. The Labute approximate surface area is 303 Å². The molecule has 3 aliphatic rings. The molecule has 2 aromatic rings. The molecule has 14 nitrogen and oxygen atoms in total. The molecule has 2 saturated carbocycles. The number of hydrazone groups is 2. The predicted octanol–water partition coefficient (Wildman–Crippen LogP) is 4.58. The lowest BCUT2D eigenvalue weighted by atomic mass is 9.58. The van der Waals surface area contributed by atoms with E-state index in [0.717, 1.165) is 49.8 Å². The Morgan fingerprint density at radius 3 is 2.59 bits per heavy atom. The number of aryl methyl sites for hydroxylation is 1. The number of nitrogens with zero attached hydrogens (tertiary/aromatic N) is 3. The summed E-state index contributed by atoms with van der Waals surface area (Å²) in [5.41, 5.74) is 10.5. The first-order valence-corrected chi connectivity index (χ1v) is 20.9. The third-order valence-electron chi connectivity index (χ3n) is 10.9. The maximum absolute atomic E-state index is 11.5. The Kier molecular flexibility index (Phi) is 12.5. The first-order chi connectivity index (χ1) is 24.0. The minimum absolute atomic E-state index is 0.0208. The molecule has 51 heavy (non-hydrogen) atoms. The SMILES string of the molecule is CN(CCCOc1cccc(/C=N/NC(=S)N/N=C2\CCC3[C@H]4CCCc5cc(O)ccc5C4CC[C@]23C)c1)CCC(O)(P(=O)(O)O)P(=O)(O)O. The highest BCUT2D eigenvalue weighted by Crippen LogP contribution is 2.69. The Hall–Kier alpha value is -2.71. The average molecular weight is 766 g/mol. The number of nitrogens with one attached hydrogen (secondary N) is 2. The standard InChI is InChI=1S/C34H49N5O9P2S/c1-33-15-14-28-27-11-10-25(40)21-24(27)7-4-9-29(28)30(33)12-13-31(33)36-38-32(51)37-35-22-23-6-3-8-26(20-23)48-19-5-17-39(2)18-16-34(41,49(42,43)44)50(45,46)47/h3,6,8,10-11,20-22,28-30,40-41H,4-5,7,9,12-19H2,1-2H3,(H2,37,38,51)(H2,42,43,44)(H2,45,46,47)/b35-22+,36-31+/t28?,29-,30?,33-/m0/s1. The van der Waals surface area contributed by atoms with Gasteiger partial charge in [0.15, 0.2) is 0 Å². The molecule has 2 unspecified atom stereocenters. The quantitative estimate of drug-likeness (QED) is 0.0461. The molecule has 8 N–H and O–H groups in total. The fourth-order valence-electron chi connectivity index (χ4n) is 8.18. The Morgan fingerprint density at radius 1 is 1.08 bits per heavy atom. The monoisotopic (exact) mass is 765 g/mol. The first-order valence-electron chi connectivity index (χ1n) is 17.2. The van der Waals surface area contributed by atoms with Crippen LogP contribution in [0.5, 0.6) is 11.5 Å². The van der Waals surface area contributed by atoms with Gasteiger partial charge in [-0.15, -0.1) is 0 Å². The van der Waals surface area contributed by atoms with Gasteiger partial charge in [0.2, 0.25) is 5.11 Å². The van der Waals surface area contributed by atoms with Gasteiger partial charge in [-0.3, -0.25) is 20.0 Å². The van der Waals surface area contributed by atoms with E-state index in [1.165, 1.54) is 17.5 Å². The summed E-state index contributed by atoms with van der Waals surface area (Å²) in [5.74, 6) is 2.64. The highest BCUT2D eigenvalue weighted by atomic mass is 32.1. The zero-order chi connectivity index (χ0) is 37.0. The van der Waals surface area contributed by atoms with Gasteiger partial charge in [0.1, 0.15) is 11.5 Å². The lowest BCUT2D eigenvalue weighted by Crippen LogP contribution is -2.41. The number of ether oxygens (including phenoxy) is 1. The van der Waals surface area contributed by atoms with Crippen LogP contribution in [0, 0.1) is 17.3 Å². The molecule has 0 radical (unpaired) electrons. The van der Waals surface area contributed by atoms with E-state index >= 15 is 0 Å². The van der Waals surface area contributed by atoms with Crippen LogP contribution in [0.25, 0.3) is 0 Å². The molecule has 0 saturated heterocycles. The molecule has 0 heterocycles. The second kappa shape index (κ2) is 16.1. The number of aromatic hydroxyl groups is 1. The maximum atomic E-state index is 11.5. The third kappa shape index (κ3) is 9.09. The molecule has 3 aliphatic carbocycles. The van der Waals surface area contributed by atoms with Crippen LogP contribution in [-0.4, -0.2) is 83.6 Å². The number of hydrogen-bond donors (Lipinski definition) is 8. The summed E-state index contributed by atoms with van der Waals surface area (Å²) in [6.07, 6.45) is 8.89. The van der Waals surface area contributed by atoms with Crippen LogP contribution in [-0.2, 0) is 15.6 Å². The molecule has 2 fully saturated rings. The lowest BCUT2D eigenvalue weighted by molar-refractivity contribution is 0.103. The normalized spacial score (nSPS) is 24.5. The predicted molar refractivity (Wildman–Crippen MR) is 199 cm³/mol. The zero-order valence-electron chi connectivity index (χ0n) is 28.9. The van der Waals surface area contributed by atoms with Crippen LogP contribution in [0.1, 0.15) is 80.9 Å². The lowest BCUT2D eigenvalue weighted by Gasteiger charge is -2.46. The zero-order valence-corrected chi connectivity index (χ0v) is 31.5. The fourth-order valence-corrected chi connectivity index (χ4v) is 10.4. The van der Waals surface area contributed by atoms with E-state index in [0.29, 0.717) is 53.9 Å². The topological polar surface area (TPSA) is 217 Å². The Morgan fingerprint density at radius 2 is 1.84 bits per heavy atom. The van der Waals surface area contributed by atoms with E-state index in [1.54, 1.807) is 30.3 Å². The van der Waals surface area contributed by atoms with Crippen molar-refractivity contribution in [3.8, 4) is 11.5 Å². The summed E-state index contributed by atoms with van der Waals surface area (Å²) < 4.78 is 28.9. The first kappa shape index (κ1) is 39.5. The molecular formula is C34H49N5O9P2S. The molecule has 0 bridgehead atoms. The number of rotatable bonds is 13. The summed E-state index contributed by atoms with van der Waals surface area (Å²) in [6.45, 7) is 2.90. The van der Waals surface area contributed by atoms with Gasteiger partial charge in [0, 0.05) is 30.6 Å². The largest absolute Gasteiger partial charge is 0.508 e. The minimum Gasteiger partial charge on any atom is -0.508 e. The van der Waals surface area contributed by atoms with Crippen molar-refractivity contribution in [2.45, 2.75) is 75.7 Å². The second-order valence-corrected chi connectivity index (χ2v) is 18.6. The van der Waals surface area contributed by atoms with Crippen LogP contribution in [0.2, 0.25) is 0 Å². The van der Waals surface area contributed by atoms with Crippen LogP contribution in [0.4, 0.5) is 0 Å². The number of phenolic OH excluding ortho intramolecular Hbond substituents is 1. The summed E-state index contributed by atoms with van der Waals surface area (Å²) in [5, 5.41) is 26.0. The third-order valence-corrected chi connectivity index (χ3v) is 15.0. The summed E-state index contributed by atoms with van der Waals surface area (Å²) >= 11 is 5.46. The molecule has 4 atom stereocenters. The van der Waals surface area contributed by atoms with Gasteiger partial charge in [-0.25, -0.2) is 0 Å². The van der Waals surface area contributed by atoms with Crippen molar-refractivity contribution in [3.05, 3.63) is 59.2 Å². The van der Waals surface area contributed by atoms with E-state index in [1.807, 2.05) is 24.3 Å². The second-order valence-electron chi connectivity index (χ2n) is 14.2. The number of aliphatic hydroxyl groups is 1. The number of hydrogen-bond acceptors (Lipinski definition) is 9. The Balaban J connectivity index is 1.06. The molecule has 5 rings (SSSR count). The summed E-state index contributed by atoms with van der Waals surface area (Å²) in [4.78, 5) is 38.8.